The van der Waals surface area contributed by atoms with Gasteiger partial charge in [-0.25, -0.2) is 13.2 Å². The van der Waals surface area contributed by atoms with Gasteiger partial charge in [0, 0.05) is 5.31 Å². The number of hydrogen-bond donors (Lipinski definition) is 0. The number of benzene rings is 1. The summed E-state index contributed by atoms with van der Waals surface area (Å²) in [5.41, 5.74) is -0.659. The molecule has 0 radical (unpaired) electrons. The molecule has 0 unspecified atom stereocenters. The maximum Gasteiger partial charge on any atom is 0.465 e. The Hall–Kier alpha value is -1.01. The van der Waals surface area contributed by atoms with Gasteiger partial charge in [0.2, 0.25) is 0 Å². The second-order valence-electron chi connectivity index (χ2n) is 7.93. The summed E-state index contributed by atoms with van der Waals surface area (Å²) in [7, 11) is -0.381. The molecule has 0 atom stereocenters. The predicted octanol–water partition coefficient (Wildman–Crippen LogP) is 3.98. The SMILES string of the molecule is CC1(C)OB(C23CC2(c2cc(F)c(F)c(F)c2)C3)OC1(C)C. The van der Waals surface area contributed by atoms with Crippen LogP contribution in [0.2, 0.25) is 5.31 Å². The standard InChI is InChI=1S/C16H18BF3O2/c1-13(2)14(3,4)22-17(21-13)16-7-15(16,8-16)9-5-10(18)12(20)11(19)6-9/h5-6H,7-8H2,1-4H3. The lowest BCUT2D eigenvalue weighted by molar-refractivity contribution is 0.00578. The lowest BCUT2D eigenvalue weighted by Crippen LogP contribution is -2.41. The van der Waals surface area contributed by atoms with E-state index in [1.807, 2.05) is 27.7 Å². The van der Waals surface area contributed by atoms with E-state index in [2.05, 4.69) is 0 Å². The average molecular weight is 310 g/mol. The molecule has 0 N–H and O–H groups in total. The summed E-state index contributed by atoms with van der Waals surface area (Å²) >= 11 is 0. The summed E-state index contributed by atoms with van der Waals surface area (Å²) < 4.78 is 52.3. The van der Waals surface area contributed by atoms with E-state index < -0.39 is 28.7 Å². The number of fused-ring (bicyclic) bond motifs is 1. The third kappa shape index (κ3) is 1.55. The Morgan fingerprint density at radius 3 is 1.82 bits per heavy atom. The van der Waals surface area contributed by atoms with Gasteiger partial charge in [0.15, 0.2) is 17.5 Å². The summed E-state index contributed by atoms with van der Waals surface area (Å²) in [5.74, 6) is -3.68. The van der Waals surface area contributed by atoms with Gasteiger partial charge in [0.25, 0.3) is 0 Å². The molecule has 3 aliphatic rings. The zero-order valence-electron chi connectivity index (χ0n) is 13.1. The zero-order valence-corrected chi connectivity index (χ0v) is 13.1. The number of rotatable bonds is 2. The van der Waals surface area contributed by atoms with Gasteiger partial charge in [-0.05, 0) is 63.6 Å². The monoisotopic (exact) mass is 310 g/mol. The van der Waals surface area contributed by atoms with Crippen molar-refractivity contribution in [2.45, 2.75) is 62.5 Å². The predicted molar refractivity (Wildman–Crippen MR) is 76.0 cm³/mol. The smallest absolute Gasteiger partial charge is 0.403 e. The van der Waals surface area contributed by atoms with E-state index in [4.69, 9.17) is 9.31 Å². The Kier molecular flexibility index (Phi) is 2.47. The number of halogens is 3. The van der Waals surface area contributed by atoms with Crippen molar-refractivity contribution >= 4 is 7.12 Å². The summed E-state index contributed by atoms with van der Waals surface area (Å²) in [4.78, 5) is 0. The highest BCUT2D eigenvalue weighted by Gasteiger charge is 2.90. The first-order chi connectivity index (χ1) is 10.0. The van der Waals surface area contributed by atoms with Crippen molar-refractivity contribution in [1.29, 1.82) is 0 Å². The van der Waals surface area contributed by atoms with Gasteiger partial charge in [-0.2, -0.15) is 0 Å². The molecule has 2 saturated carbocycles. The zero-order chi connectivity index (χ0) is 16.1. The molecular weight excluding hydrogens is 292 g/mol. The van der Waals surface area contributed by atoms with E-state index in [1.165, 1.54) is 0 Å². The van der Waals surface area contributed by atoms with Crippen LogP contribution in [0.5, 0.6) is 0 Å². The molecule has 4 rings (SSSR count). The minimum Gasteiger partial charge on any atom is -0.403 e. The lowest BCUT2D eigenvalue weighted by Gasteiger charge is -2.32. The van der Waals surface area contributed by atoms with Crippen molar-refractivity contribution in [3.05, 3.63) is 35.1 Å². The minimum atomic E-state index is -1.41. The van der Waals surface area contributed by atoms with Crippen LogP contribution in [-0.2, 0) is 14.7 Å². The molecule has 1 heterocycles. The molecule has 1 saturated heterocycles. The topological polar surface area (TPSA) is 18.5 Å². The van der Waals surface area contributed by atoms with Crippen LogP contribution in [0.4, 0.5) is 13.2 Å². The fourth-order valence-corrected chi connectivity index (χ4v) is 3.72. The van der Waals surface area contributed by atoms with Gasteiger partial charge in [0.1, 0.15) is 0 Å². The van der Waals surface area contributed by atoms with Gasteiger partial charge in [-0.15, -0.1) is 0 Å². The molecule has 0 bridgehead atoms. The second-order valence-corrected chi connectivity index (χ2v) is 7.93. The molecule has 2 nitrogen and oxygen atoms in total. The van der Waals surface area contributed by atoms with E-state index in [1.54, 1.807) is 0 Å². The highest BCUT2D eigenvalue weighted by Crippen LogP contribution is 2.93. The maximum absolute atomic E-state index is 13.5. The number of hydrogen-bond acceptors (Lipinski definition) is 2. The fourth-order valence-electron chi connectivity index (χ4n) is 3.72. The van der Waals surface area contributed by atoms with E-state index in [-0.39, 0.29) is 17.8 Å². The normalized spacial score (nSPS) is 37.1. The van der Waals surface area contributed by atoms with Crippen LogP contribution in [0.25, 0.3) is 0 Å². The largest absolute Gasteiger partial charge is 0.465 e. The van der Waals surface area contributed by atoms with Gasteiger partial charge in [-0.1, -0.05) is 0 Å². The molecule has 0 aromatic heterocycles. The summed E-state index contributed by atoms with van der Waals surface area (Å²) in [6, 6.07) is 2.22. The van der Waals surface area contributed by atoms with Crippen molar-refractivity contribution in [3.8, 4) is 0 Å². The Bertz CT molecular complexity index is 641. The molecule has 6 heteroatoms. The van der Waals surface area contributed by atoms with Crippen LogP contribution in [0.15, 0.2) is 12.1 Å². The molecule has 22 heavy (non-hydrogen) atoms. The second kappa shape index (κ2) is 3.73. The van der Waals surface area contributed by atoms with E-state index in [9.17, 15) is 13.2 Å². The van der Waals surface area contributed by atoms with Crippen LogP contribution in [0.3, 0.4) is 0 Å². The molecule has 0 amide bonds. The third-order valence-electron chi connectivity index (χ3n) is 6.18. The lowest BCUT2D eigenvalue weighted by atomic mass is 9.74. The average Bonchev–Trinajstić information content (AvgIpc) is 3.17. The molecule has 2 aliphatic carbocycles. The Labute approximate surface area is 128 Å². The van der Waals surface area contributed by atoms with Crippen molar-refractivity contribution in [2.75, 3.05) is 0 Å². The van der Waals surface area contributed by atoms with Crippen LogP contribution >= 0.6 is 0 Å². The fraction of sp³-hybridized carbons (Fsp3) is 0.625. The van der Waals surface area contributed by atoms with E-state index in [0.29, 0.717) is 5.56 Å². The van der Waals surface area contributed by atoms with Crippen LogP contribution < -0.4 is 0 Å². The van der Waals surface area contributed by atoms with Crippen LogP contribution in [0, 0.1) is 17.5 Å². The molecule has 1 aliphatic heterocycles. The first-order valence-corrected chi connectivity index (χ1v) is 7.55. The summed E-state index contributed by atoms with van der Waals surface area (Å²) in [6.45, 7) is 7.92. The molecular formula is C16H18BF3O2. The highest BCUT2D eigenvalue weighted by atomic mass is 19.2. The highest BCUT2D eigenvalue weighted by molar-refractivity contribution is 6.54. The van der Waals surface area contributed by atoms with Crippen molar-refractivity contribution in [2.24, 2.45) is 0 Å². The summed E-state index contributed by atoms with van der Waals surface area (Å²) in [6.07, 6.45) is 1.53. The Morgan fingerprint density at radius 2 is 1.36 bits per heavy atom. The van der Waals surface area contributed by atoms with Crippen molar-refractivity contribution < 1.29 is 22.5 Å². The molecule has 1 aromatic carbocycles. The van der Waals surface area contributed by atoms with Gasteiger partial charge < -0.3 is 9.31 Å². The first kappa shape index (κ1) is 14.6. The van der Waals surface area contributed by atoms with Gasteiger partial charge in [-0.3, -0.25) is 0 Å². The van der Waals surface area contributed by atoms with E-state index >= 15 is 0 Å². The Balaban J connectivity index is 1.63. The van der Waals surface area contributed by atoms with Crippen molar-refractivity contribution in [3.63, 3.8) is 0 Å². The van der Waals surface area contributed by atoms with Gasteiger partial charge >= 0.3 is 7.12 Å². The van der Waals surface area contributed by atoms with E-state index in [0.717, 1.165) is 25.0 Å². The Morgan fingerprint density at radius 1 is 0.909 bits per heavy atom. The molecule has 1 aromatic rings. The molecule has 0 spiro atoms. The molecule has 118 valence electrons. The van der Waals surface area contributed by atoms with Crippen LogP contribution in [0.1, 0.15) is 46.1 Å². The van der Waals surface area contributed by atoms with Gasteiger partial charge in [0.05, 0.1) is 11.2 Å². The minimum absolute atomic E-state index is 0.214. The molecule has 3 fully saturated rings. The maximum atomic E-state index is 13.5. The van der Waals surface area contributed by atoms with Crippen molar-refractivity contribution in [1.82, 2.24) is 0 Å². The quantitative estimate of drug-likeness (QED) is 0.607. The van der Waals surface area contributed by atoms with Crippen LogP contribution in [-0.4, -0.2) is 18.3 Å². The first-order valence-electron chi connectivity index (χ1n) is 7.55. The summed E-state index contributed by atoms with van der Waals surface area (Å²) in [5, 5.41) is -0.214. The third-order valence-corrected chi connectivity index (χ3v) is 6.18.